The number of halogens is 1. The number of aromatic nitrogens is 4. The number of fused-ring (bicyclic) bond motifs is 1. The van der Waals surface area contributed by atoms with Gasteiger partial charge in [0.2, 0.25) is 5.95 Å². The summed E-state index contributed by atoms with van der Waals surface area (Å²) in [5, 5.41) is 0. The van der Waals surface area contributed by atoms with Crippen LogP contribution in [-0.2, 0) is 19.5 Å². The van der Waals surface area contributed by atoms with Gasteiger partial charge in [-0.15, -0.1) is 0 Å². The second kappa shape index (κ2) is 6.76. The number of H-pyrrole nitrogens is 1. The monoisotopic (exact) mass is 351 g/mol. The summed E-state index contributed by atoms with van der Waals surface area (Å²) in [6, 6.07) is 5.44. The van der Waals surface area contributed by atoms with Crippen LogP contribution in [0.3, 0.4) is 0 Å². The SMILES string of the molecule is Cc1cc(CN2CCc3nc(-c4ccncc4)[nH]c(=O)c3C2)cnc1F. The fourth-order valence-electron chi connectivity index (χ4n) is 3.22. The molecule has 0 unspecified atom stereocenters. The van der Waals surface area contributed by atoms with Gasteiger partial charge >= 0.3 is 0 Å². The first-order valence-corrected chi connectivity index (χ1v) is 8.46. The number of nitrogens with zero attached hydrogens (tertiary/aromatic N) is 4. The van der Waals surface area contributed by atoms with Gasteiger partial charge in [0.1, 0.15) is 5.82 Å². The number of hydrogen-bond donors (Lipinski definition) is 1. The van der Waals surface area contributed by atoms with Crippen LogP contribution in [0.5, 0.6) is 0 Å². The molecule has 3 aromatic rings. The average Bonchev–Trinajstić information content (AvgIpc) is 2.66. The van der Waals surface area contributed by atoms with Crippen molar-refractivity contribution >= 4 is 0 Å². The molecule has 3 aromatic heterocycles. The van der Waals surface area contributed by atoms with E-state index in [1.165, 1.54) is 0 Å². The molecular formula is C19H18FN5O. The Balaban J connectivity index is 1.57. The Morgan fingerprint density at radius 2 is 2.12 bits per heavy atom. The first kappa shape index (κ1) is 16.5. The smallest absolute Gasteiger partial charge is 0.255 e. The highest BCUT2D eigenvalue weighted by molar-refractivity contribution is 5.54. The molecule has 0 spiro atoms. The van der Waals surface area contributed by atoms with E-state index in [2.05, 4.69) is 24.8 Å². The molecule has 0 radical (unpaired) electrons. The summed E-state index contributed by atoms with van der Waals surface area (Å²) in [5.74, 6) is 0.130. The zero-order valence-corrected chi connectivity index (χ0v) is 14.4. The largest absolute Gasteiger partial charge is 0.306 e. The lowest BCUT2D eigenvalue weighted by atomic mass is 10.1. The highest BCUT2D eigenvalue weighted by Gasteiger charge is 2.21. The fraction of sp³-hybridized carbons (Fsp3) is 0.263. The van der Waals surface area contributed by atoms with Crippen LogP contribution >= 0.6 is 0 Å². The maximum Gasteiger partial charge on any atom is 0.255 e. The van der Waals surface area contributed by atoms with Crippen LogP contribution in [0.4, 0.5) is 4.39 Å². The van der Waals surface area contributed by atoms with Crippen molar-refractivity contribution in [2.24, 2.45) is 0 Å². The van der Waals surface area contributed by atoms with Gasteiger partial charge in [-0.2, -0.15) is 4.39 Å². The minimum absolute atomic E-state index is 0.111. The third kappa shape index (κ3) is 3.25. The molecule has 0 aromatic carbocycles. The van der Waals surface area contributed by atoms with Gasteiger partial charge in [0.25, 0.3) is 5.56 Å². The summed E-state index contributed by atoms with van der Waals surface area (Å²) in [6.45, 7) is 3.63. The van der Waals surface area contributed by atoms with Crippen molar-refractivity contribution in [2.45, 2.75) is 26.4 Å². The van der Waals surface area contributed by atoms with E-state index in [0.717, 1.165) is 23.4 Å². The molecule has 0 saturated heterocycles. The van der Waals surface area contributed by atoms with Gasteiger partial charge in [0.15, 0.2) is 0 Å². The summed E-state index contributed by atoms with van der Waals surface area (Å²) in [7, 11) is 0. The van der Waals surface area contributed by atoms with Crippen LogP contribution in [0, 0.1) is 12.9 Å². The third-order valence-electron chi connectivity index (χ3n) is 4.58. The lowest BCUT2D eigenvalue weighted by molar-refractivity contribution is 0.241. The van der Waals surface area contributed by atoms with Crippen molar-refractivity contribution in [3.8, 4) is 11.4 Å². The molecule has 7 heteroatoms. The van der Waals surface area contributed by atoms with E-state index in [-0.39, 0.29) is 5.56 Å². The first-order chi connectivity index (χ1) is 12.6. The van der Waals surface area contributed by atoms with E-state index in [9.17, 15) is 9.18 Å². The number of rotatable bonds is 3. The molecule has 1 aliphatic heterocycles. The van der Waals surface area contributed by atoms with Gasteiger partial charge in [0, 0.05) is 55.8 Å². The number of pyridine rings is 2. The Bertz CT molecular complexity index is 1000. The minimum Gasteiger partial charge on any atom is -0.306 e. The van der Waals surface area contributed by atoms with Crippen LogP contribution in [-0.4, -0.2) is 31.4 Å². The zero-order chi connectivity index (χ0) is 18.1. The van der Waals surface area contributed by atoms with Crippen LogP contribution in [0.25, 0.3) is 11.4 Å². The number of aryl methyl sites for hydroxylation is 1. The highest BCUT2D eigenvalue weighted by Crippen LogP contribution is 2.20. The Morgan fingerprint density at radius 1 is 1.31 bits per heavy atom. The van der Waals surface area contributed by atoms with Gasteiger partial charge in [-0.05, 0) is 30.7 Å². The normalized spacial score (nSPS) is 14.2. The second-order valence-electron chi connectivity index (χ2n) is 6.49. The predicted molar refractivity (Wildman–Crippen MR) is 94.8 cm³/mol. The molecule has 132 valence electrons. The highest BCUT2D eigenvalue weighted by atomic mass is 19.1. The van der Waals surface area contributed by atoms with E-state index in [0.29, 0.717) is 36.5 Å². The van der Waals surface area contributed by atoms with Crippen molar-refractivity contribution in [2.75, 3.05) is 6.54 Å². The van der Waals surface area contributed by atoms with Crippen LogP contribution in [0.15, 0.2) is 41.6 Å². The Labute approximate surface area is 149 Å². The molecule has 0 amide bonds. The Morgan fingerprint density at radius 3 is 2.88 bits per heavy atom. The number of nitrogens with one attached hydrogen (secondary N) is 1. The molecule has 26 heavy (non-hydrogen) atoms. The molecule has 0 atom stereocenters. The lowest BCUT2D eigenvalue weighted by Crippen LogP contribution is -2.35. The second-order valence-corrected chi connectivity index (χ2v) is 6.49. The molecule has 4 heterocycles. The summed E-state index contributed by atoms with van der Waals surface area (Å²) < 4.78 is 13.3. The van der Waals surface area contributed by atoms with Crippen LogP contribution < -0.4 is 5.56 Å². The topological polar surface area (TPSA) is 74.8 Å². The van der Waals surface area contributed by atoms with Gasteiger partial charge in [-0.25, -0.2) is 9.97 Å². The maximum absolute atomic E-state index is 13.3. The van der Waals surface area contributed by atoms with Gasteiger partial charge < -0.3 is 4.98 Å². The molecular weight excluding hydrogens is 333 g/mol. The maximum atomic E-state index is 13.3. The van der Waals surface area contributed by atoms with Gasteiger partial charge in [0.05, 0.1) is 11.3 Å². The molecule has 0 bridgehead atoms. The third-order valence-corrected chi connectivity index (χ3v) is 4.58. The molecule has 0 aliphatic carbocycles. The van der Waals surface area contributed by atoms with Crippen LogP contribution in [0.1, 0.15) is 22.4 Å². The summed E-state index contributed by atoms with van der Waals surface area (Å²) >= 11 is 0. The molecule has 0 fully saturated rings. The standard InChI is InChI=1S/C19H18FN5O/c1-12-8-13(9-22-17(12)20)10-25-7-4-16-15(11-25)19(26)24-18(23-16)14-2-5-21-6-3-14/h2-3,5-6,8-9H,4,7,10-11H2,1H3,(H,23,24,26). The first-order valence-electron chi connectivity index (χ1n) is 8.46. The summed E-state index contributed by atoms with van der Waals surface area (Å²) in [4.78, 5) is 30.0. The molecule has 1 N–H and O–H groups in total. The van der Waals surface area contributed by atoms with E-state index in [4.69, 9.17) is 0 Å². The van der Waals surface area contributed by atoms with Crippen molar-refractivity contribution in [3.63, 3.8) is 0 Å². The predicted octanol–water partition coefficient (Wildman–Crippen LogP) is 2.23. The summed E-state index contributed by atoms with van der Waals surface area (Å²) in [6.07, 6.45) is 5.60. The van der Waals surface area contributed by atoms with E-state index in [1.54, 1.807) is 31.6 Å². The van der Waals surface area contributed by atoms with E-state index < -0.39 is 5.95 Å². The fourth-order valence-corrected chi connectivity index (χ4v) is 3.22. The van der Waals surface area contributed by atoms with Crippen molar-refractivity contribution in [1.29, 1.82) is 0 Å². The van der Waals surface area contributed by atoms with Crippen molar-refractivity contribution < 1.29 is 4.39 Å². The van der Waals surface area contributed by atoms with Crippen molar-refractivity contribution in [1.82, 2.24) is 24.8 Å². The van der Waals surface area contributed by atoms with Gasteiger partial charge in [-0.1, -0.05) is 0 Å². The quantitative estimate of drug-likeness (QED) is 0.733. The molecule has 4 rings (SSSR count). The Hall–Kier alpha value is -2.93. The van der Waals surface area contributed by atoms with Crippen LogP contribution in [0.2, 0.25) is 0 Å². The minimum atomic E-state index is -0.443. The average molecular weight is 351 g/mol. The van der Waals surface area contributed by atoms with Crippen molar-refractivity contribution in [3.05, 3.63) is 75.5 Å². The number of aromatic amines is 1. The Kier molecular flexibility index (Phi) is 4.30. The summed E-state index contributed by atoms with van der Waals surface area (Å²) in [5.41, 5.74) is 3.73. The number of hydrogen-bond acceptors (Lipinski definition) is 5. The molecule has 6 nitrogen and oxygen atoms in total. The van der Waals surface area contributed by atoms with E-state index >= 15 is 0 Å². The molecule has 1 aliphatic rings. The van der Waals surface area contributed by atoms with E-state index in [1.807, 2.05) is 12.1 Å². The molecule has 0 saturated carbocycles. The van der Waals surface area contributed by atoms with Gasteiger partial charge in [-0.3, -0.25) is 14.7 Å². The lowest BCUT2D eigenvalue weighted by Gasteiger charge is -2.27. The zero-order valence-electron chi connectivity index (χ0n) is 14.4.